The quantitative estimate of drug-likeness (QED) is 0.787. The van der Waals surface area contributed by atoms with Crippen molar-refractivity contribution in [3.63, 3.8) is 0 Å². The highest BCUT2D eigenvalue weighted by molar-refractivity contribution is 5.92. The third-order valence-corrected chi connectivity index (χ3v) is 4.43. The van der Waals surface area contributed by atoms with Crippen LogP contribution in [0.15, 0.2) is 47.3 Å². The van der Waals surface area contributed by atoms with Gasteiger partial charge in [0.2, 0.25) is 5.91 Å². The van der Waals surface area contributed by atoms with E-state index in [1.54, 1.807) is 4.90 Å². The summed E-state index contributed by atoms with van der Waals surface area (Å²) < 4.78 is 0. The maximum atomic E-state index is 12.5. The molecule has 0 saturated carbocycles. The lowest BCUT2D eigenvalue weighted by atomic mass is 10.1. The molecule has 0 bridgehead atoms. The Morgan fingerprint density at radius 1 is 1.00 bits per heavy atom. The number of nitrogens with one attached hydrogen (secondary N) is 1. The monoisotopic (exact) mass is 334 g/mol. The van der Waals surface area contributed by atoms with Gasteiger partial charge in [0.15, 0.2) is 0 Å². The molecule has 1 aromatic heterocycles. The fraction of sp³-hybridized carbons (Fsp3) is 0.238. The zero-order valence-corrected chi connectivity index (χ0v) is 15.0. The molecule has 3 rings (SSSR count). The van der Waals surface area contributed by atoms with Crippen LogP contribution in [-0.2, 0) is 11.3 Å². The number of rotatable bonds is 3. The van der Waals surface area contributed by atoms with E-state index in [1.807, 2.05) is 63.2 Å². The number of pyridine rings is 1. The van der Waals surface area contributed by atoms with Gasteiger partial charge in [-0.05, 0) is 55.5 Å². The van der Waals surface area contributed by atoms with Crippen LogP contribution >= 0.6 is 0 Å². The Kier molecular flexibility index (Phi) is 4.45. The number of nitrogens with zero attached hydrogens (tertiary/aromatic N) is 1. The molecule has 1 N–H and O–H groups in total. The van der Waals surface area contributed by atoms with Crippen LogP contribution in [0.1, 0.15) is 29.2 Å². The largest absolute Gasteiger partial charge is 0.322 e. The topological polar surface area (TPSA) is 53.2 Å². The molecule has 2 aromatic carbocycles. The molecule has 0 radical (unpaired) electrons. The maximum Gasteiger partial charge on any atom is 0.253 e. The molecular formula is C21H22N2O2. The molecule has 0 saturated heterocycles. The van der Waals surface area contributed by atoms with Gasteiger partial charge in [-0.2, -0.15) is 0 Å². The van der Waals surface area contributed by atoms with Crippen LogP contribution in [0.3, 0.4) is 0 Å². The molecule has 0 aliphatic carbocycles. The number of carbonyl (C=O) groups is 1. The summed E-state index contributed by atoms with van der Waals surface area (Å²) in [6.07, 6.45) is 0. The highest BCUT2D eigenvalue weighted by Crippen LogP contribution is 2.23. The first-order chi connectivity index (χ1) is 11.8. The van der Waals surface area contributed by atoms with Crippen molar-refractivity contribution in [2.75, 3.05) is 4.90 Å². The van der Waals surface area contributed by atoms with Crippen molar-refractivity contribution in [1.29, 1.82) is 0 Å². The third-order valence-electron chi connectivity index (χ3n) is 4.43. The average Bonchev–Trinajstić information content (AvgIpc) is 2.53. The number of hydrogen-bond acceptors (Lipinski definition) is 2. The Morgan fingerprint density at radius 3 is 2.36 bits per heavy atom. The van der Waals surface area contributed by atoms with Gasteiger partial charge < -0.3 is 9.88 Å². The van der Waals surface area contributed by atoms with Crippen molar-refractivity contribution >= 4 is 22.5 Å². The van der Waals surface area contributed by atoms with Crippen LogP contribution in [-0.4, -0.2) is 10.9 Å². The molecule has 3 aromatic rings. The summed E-state index contributed by atoms with van der Waals surface area (Å²) in [5.41, 5.74) is 5.32. The van der Waals surface area contributed by atoms with Gasteiger partial charge >= 0.3 is 0 Å². The number of benzene rings is 2. The summed E-state index contributed by atoms with van der Waals surface area (Å²) in [4.78, 5) is 29.3. The second-order valence-electron chi connectivity index (χ2n) is 6.61. The van der Waals surface area contributed by atoms with Crippen molar-refractivity contribution in [2.45, 2.75) is 34.2 Å². The normalized spacial score (nSPS) is 10.9. The Balaban J connectivity index is 2.04. The standard InChI is InChI=1S/C21H22N2O2/c1-13-6-8-20(15(3)9-13)23(16(4)24)12-18-11-17-7-5-14(2)10-19(17)22-21(18)25/h5-11H,12H2,1-4H3,(H,22,25). The van der Waals surface area contributed by atoms with Gasteiger partial charge in [-0.3, -0.25) is 9.59 Å². The molecule has 4 nitrogen and oxygen atoms in total. The number of carbonyl (C=O) groups excluding carboxylic acids is 1. The van der Waals surface area contributed by atoms with Gasteiger partial charge in [0.05, 0.1) is 6.54 Å². The van der Waals surface area contributed by atoms with Gasteiger partial charge in [-0.25, -0.2) is 0 Å². The van der Waals surface area contributed by atoms with E-state index in [0.717, 1.165) is 33.3 Å². The molecule has 128 valence electrons. The van der Waals surface area contributed by atoms with Crippen molar-refractivity contribution in [1.82, 2.24) is 4.98 Å². The lowest BCUT2D eigenvalue weighted by Gasteiger charge is -2.23. The average molecular weight is 334 g/mol. The molecule has 0 fully saturated rings. The van der Waals surface area contributed by atoms with Gasteiger partial charge in [0, 0.05) is 23.7 Å². The second-order valence-corrected chi connectivity index (χ2v) is 6.61. The molecule has 0 atom stereocenters. The predicted molar refractivity (Wildman–Crippen MR) is 102 cm³/mol. The minimum Gasteiger partial charge on any atom is -0.322 e. The number of hydrogen-bond donors (Lipinski definition) is 1. The van der Waals surface area contributed by atoms with Crippen LogP contribution in [0.4, 0.5) is 5.69 Å². The SMILES string of the molecule is CC(=O)N(Cc1cc2ccc(C)cc2[nH]c1=O)c1ccc(C)cc1C. The van der Waals surface area contributed by atoms with Crippen LogP contribution < -0.4 is 10.5 Å². The highest BCUT2D eigenvalue weighted by atomic mass is 16.2. The van der Waals surface area contributed by atoms with Crippen LogP contribution in [0, 0.1) is 20.8 Å². The number of aromatic nitrogens is 1. The highest BCUT2D eigenvalue weighted by Gasteiger charge is 2.16. The van der Waals surface area contributed by atoms with Gasteiger partial charge in [0.25, 0.3) is 5.56 Å². The number of aromatic amines is 1. The van der Waals surface area contributed by atoms with Crippen LogP contribution in [0.2, 0.25) is 0 Å². The van der Waals surface area contributed by atoms with E-state index in [0.29, 0.717) is 5.56 Å². The van der Waals surface area contributed by atoms with Crippen molar-refractivity contribution in [3.05, 3.63) is 75.1 Å². The summed E-state index contributed by atoms with van der Waals surface area (Å²) in [6, 6.07) is 13.8. The Labute approximate surface area is 147 Å². The van der Waals surface area contributed by atoms with E-state index in [-0.39, 0.29) is 18.0 Å². The van der Waals surface area contributed by atoms with Gasteiger partial charge in [0.1, 0.15) is 0 Å². The first-order valence-corrected chi connectivity index (χ1v) is 8.33. The molecular weight excluding hydrogens is 312 g/mol. The van der Waals surface area contributed by atoms with E-state index in [2.05, 4.69) is 4.98 Å². The summed E-state index contributed by atoms with van der Waals surface area (Å²) in [7, 11) is 0. The third kappa shape index (κ3) is 3.48. The summed E-state index contributed by atoms with van der Waals surface area (Å²) in [5, 5.41) is 0.962. The Hall–Kier alpha value is -2.88. The summed E-state index contributed by atoms with van der Waals surface area (Å²) in [5.74, 6) is -0.0876. The Bertz CT molecular complexity index is 1020. The molecule has 25 heavy (non-hydrogen) atoms. The number of fused-ring (bicyclic) bond motifs is 1. The lowest BCUT2D eigenvalue weighted by molar-refractivity contribution is -0.116. The first-order valence-electron chi connectivity index (χ1n) is 8.33. The van der Waals surface area contributed by atoms with Crippen molar-refractivity contribution in [3.8, 4) is 0 Å². The van der Waals surface area contributed by atoms with Crippen molar-refractivity contribution < 1.29 is 4.79 Å². The smallest absolute Gasteiger partial charge is 0.253 e. The molecule has 0 aliphatic heterocycles. The van der Waals surface area contributed by atoms with E-state index < -0.39 is 0 Å². The zero-order chi connectivity index (χ0) is 18.1. The van der Waals surface area contributed by atoms with Gasteiger partial charge in [-0.15, -0.1) is 0 Å². The number of H-pyrrole nitrogens is 1. The fourth-order valence-electron chi connectivity index (χ4n) is 3.12. The van der Waals surface area contributed by atoms with E-state index in [9.17, 15) is 9.59 Å². The second kappa shape index (κ2) is 6.55. The molecule has 1 amide bonds. The molecule has 1 heterocycles. The van der Waals surface area contributed by atoms with Crippen LogP contribution in [0.5, 0.6) is 0 Å². The van der Waals surface area contributed by atoms with E-state index in [1.165, 1.54) is 6.92 Å². The van der Waals surface area contributed by atoms with Gasteiger partial charge in [-0.1, -0.05) is 29.8 Å². The summed E-state index contributed by atoms with van der Waals surface area (Å²) >= 11 is 0. The first kappa shape index (κ1) is 17.0. The molecule has 0 aliphatic rings. The number of aryl methyl sites for hydroxylation is 3. The fourth-order valence-corrected chi connectivity index (χ4v) is 3.12. The summed E-state index contributed by atoms with van der Waals surface area (Å²) in [6.45, 7) is 7.76. The molecule has 0 unspecified atom stereocenters. The lowest BCUT2D eigenvalue weighted by Crippen LogP contribution is -2.31. The van der Waals surface area contributed by atoms with Crippen molar-refractivity contribution in [2.24, 2.45) is 0 Å². The number of amides is 1. The number of anilines is 1. The molecule has 4 heteroatoms. The predicted octanol–water partition coefficient (Wildman–Crippen LogP) is 4.01. The Morgan fingerprint density at radius 2 is 1.68 bits per heavy atom. The van der Waals surface area contributed by atoms with E-state index >= 15 is 0 Å². The molecule has 0 spiro atoms. The van der Waals surface area contributed by atoms with E-state index in [4.69, 9.17) is 0 Å². The van der Waals surface area contributed by atoms with Crippen LogP contribution in [0.25, 0.3) is 10.9 Å². The minimum atomic E-state index is -0.158. The minimum absolute atomic E-state index is 0.0876. The maximum absolute atomic E-state index is 12.5. The zero-order valence-electron chi connectivity index (χ0n) is 15.0.